The van der Waals surface area contributed by atoms with E-state index in [4.69, 9.17) is 4.74 Å². The standard InChI is InChI=1S/C30H29N3O4S/c1-21-7-16-29(37-2)27(19-21)32-38(35,36)26-14-12-25(13-15-26)31-30(34)24-10-8-22(9-11-24)20-33-18-17-23-5-3-4-6-28(23)33/h3-16,19,32H,17-18,20H2,1-2H3,(H,31,34). The highest BCUT2D eigenvalue weighted by Crippen LogP contribution is 2.30. The highest BCUT2D eigenvalue weighted by molar-refractivity contribution is 7.92. The average molecular weight is 528 g/mol. The topological polar surface area (TPSA) is 87.7 Å². The zero-order chi connectivity index (χ0) is 26.7. The number of hydrogen-bond donors (Lipinski definition) is 2. The molecule has 0 aromatic heterocycles. The van der Waals surface area contributed by atoms with Crippen molar-refractivity contribution < 1.29 is 17.9 Å². The van der Waals surface area contributed by atoms with Crippen LogP contribution < -0.4 is 19.7 Å². The van der Waals surface area contributed by atoms with Crippen molar-refractivity contribution >= 4 is 33.0 Å². The summed E-state index contributed by atoms with van der Waals surface area (Å²) in [4.78, 5) is 15.2. The van der Waals surface area contributed by atoms with Crippen LogP contribution in [-0.2, 0) is 23.0 Å². The van der Waals surface area contributed by atoms with Crippen molar-refractivity contribution in [2.75, 3.05) is 28.6 Å². The van der Waals surface area contributed by atoms with Crippen LogP contribution in [0.4, 0.5) is 17.1 Å². The lowest BCUT2D eigenvalue weighted by Crippen LogP contribution is -2.19. The van der Waals surface area contributed by atoms with Gasteiger partial charge in [-0.2, -0.15) is 0 Å². The fourth-order valence-corrected chi connectivity index (χ4v) is 5.64. The van der Waals surface area contributed by atoms with E-state index in [1.807, 2.05) is 37.3 Å². The molecule has 1 aliphatic heterocycles. The van der Waals surface area contributed by atoms with Gasteiger partial charge >= 0.3 is 0 Å². The van der Waals surface area contributed by atoms with Crippen molar-refractivity contribution in [1.29, 1.82) is 0 Å². The van der Waals surface area contributed by atoms with Crippen molar-refractivity contribution in [3.8, 4) is 5.75 Å². The fraction of sp³-hybridized carbons (Fsp3) is 0.167. The van der Waals surface area contributed by atoms with Gasteiger partial charge in [0.05, 0.1) is 17.7 Å². The minimum absolute atomic E-state index is 0.0758. The predicted octanol–water partition coefficient (Wildman–Crippen LogP) is 5.62. The summed E-state index contributed by atoms with van der Waals surface area (Å²) >= 11 is 0. The van der Waals surface area contributed by atoms with Crippen molar-refractivity contribution in [2.24, 2.45) is 0 Å². The molecule has 7 nitrogen and oxygen atoms in total. The molecule has 4 aromatic carbocycles. The number of para-hydroxylation sites is 1. The molecular weight excluding hydrogens is 498 g/mol. The van der Waals surface area contributed by atoms with Crippen LogP contribution in [-0.4, -0.2) is 28.0 Å². The Labute approximate surface area is 223 Å². The molecule has 0 unspecified atom stereocenters. The number of ether oxygens (including phenoxy) is 1. The number of rotatable bonds is 8. The third-order valence-electron chi connectivity index (χ3n) is 6.59. The number of anilines is 3. The van der Waals surface area contributed by atoms with E-state index < -0.39 is 10.0 Å². The van der Waals surface area contributed by atoms with Gasteiger partial charge in [0.2, 0.25) is 0 Å². The number of amides is 1. The first-order chi connectivity index (χ1) is 18.3. The Kier molecular flexibility index (Phi) is 7.07. The molecule has 2 N–H and O–H groups in total. The predicted molar refractivity (Wildman–Crippen MR) is 151 cm³/mol. The van der Waals surface area contributed by atoms with Gasteiger partial charge in [0.1, 0.15) is 5.75 Å². The second-order valence-corrected chi connectivity index (χ2v) is 11.0. The second-order valence-electron chi connectivity index (χ2n) is 9.28. The summed E-state index contributed by atoms with van der Waals surface area (Å²) in [7, 11) is -2.35. The maximum Gasteiger partial charge on any atom is 0.262 e. The van der Waals surface area contributed by atoms with Gasteiger partial charge < -0.3 is 15.0 Å². The van der Waals surface area contributed by atoms with E-state index in [9.17, 15) is 13.2 Å². The number of hydrogen-bond acceptors (Lipinski definition) is 5. The number of nitrogens with one attached hydrogen (secondary N) is 2. The molecule has 0 fully saturated rings. The van der Waals surface area contributed by atoms with Crippen LogP contribution in [0, 0.1) is 6.92 Å². The Bertz CT molecular complexity index is 1570. The molecule has 0 aliphatic carbocycles. The average Bonchev–Trinajstić information content (AvgIpc) is 3.32. The Morgan fingerprint density at radius 3 is 2.42 bits per heavy atom. The lowest BCUT2D eigenvalue weighted by Gasteiger charge is -2.19. The molecule has 8 heteroatoms. The van der Waals surface area contributed by atoms with Crippen LogP contribution in [0.2, 0.25) is 0 Å². The number of sulfonamides is 1. The zero-order valence-electron chi connectivity index (χ0n) is 21.3. The zero-order valence-corrected chi connectivity index (χ0v) is 22.1. The first-order valence-corrected chi connectivity index (χ1v) is 13.8. The Morgan fingerprint density at radius 1 is 0.947 bits per heavy atom. The van der Waals surface area contributed by atoms with Crippen molar-refractivity contribution in [3.63, 3.8) is 0 Å². The van der Waals surface area contributed by atoms with Gasteiger partial charge in [-0.05, 0) is 84.6 Å². The van der Waals surface area contributed by atoms with Crippen molar-refractivity contribution in [1.82, 2.24) is 0 Å². The maximum atomic E-state index is 12.9. The monoisotopic (exact) mass is 527 g/mol. The number of carbonyl (C=O) groups excluding carboxylic acids is 1. The first kappa shape index (κ1) is 25.4. The van der Waals surface area contributed by atoms with E-state index >= 15 is 0 Å². The maximum absolute atomic E-state index is 12.9. The number of benzene rings is 4. The van der Waals surface area contributed by atoms with E-state index in [1.165, 1.54) is 30.5 Å². The van der Waals surface area contributed by atoms with Crippen LogP contribution >= 0.6 is 0 Å². The summed E-state index contributed by atoms with van der Waals surface area (Å²) in [6, 6.07) is 27.3. The van der Waals surface area contributed by atoms with Crippen LogP contribution in [0.5, 0.6) is 5.75 Å². The summed E-state index contributed by atoms with van der Waals surface area (Å²) in [5.41, 5.74) is 6.06. The minimum atomic E-state index is -3.84. The third kappa shape index (κ3) is 5.50. The molecular formula is C30H29N3O4S. The van der Waals surface area contributed by atoms with Gasteiger partial charge in [-0.3, -0.25) is 9.52 Å². The van der Waals surface area contributed by atoms with E-state index in [1.54, 1.807) is 24.3 Å². The molecule has 5 rings (SSSR count). The molecule has 194 valence electrons. The van der Waals surface area contributed by atoms with Gasteiger partial charge in [0, 0.05) is 30.0 Å². The smallest absolute Gasteiger partial charge is 0.262 e. The Morgan fingerprint density at radius 2 is 1.68 bits per heavy atom. The summed E-state index contributed by atoms with van der Waals surface area (Å²) in [5, 5.41) is 2.83. The lowest BCUT2D eigenvalue weighted by atomic mass is 10.1. The van der Waals surface area contributed by atoms with Crippen LogP contribution in [0.25, 0.3) is 0 Å². The Hall–Kier alpha value is -4.30. The second kappa shape index (κ2) is 10.6. The fourth-order valence-electron chi connectivity index (χ4n) is 4.58. The van der Waals surface area contributed by atoms with E-state index in [0.29, 0.717) is 22.7 Å². The largest absolute Gasteiger partial charge is 0.495 e. The number of carbonyl (C=O) groups is 1. The van der Waals surface area contributed by atoms with Gasteiger partial charge in [-0.1, -0.05) is 36.4 Å². The van der Waals surface area contributed by atoms with Gasteiger partial charge in [0.25, 0.3) is 15.9 Å². The number of nitrogens with zero attached hydrogens (tertiary/aromatic N) is 1. The highest BCUT2D eigenvalue weighted by Gasteiger charge is 2.19. The van der Waals surface area contributed by atoms with Crippen LogP contribution in [0.1, 0.15) is 27.0 Å². The van der Waals surface area contributed by atoms with Gasteiger partial charge in [-0.15, -0.1) is 0 Å². The molecule has 0 radical (unpaired) electrons. The lowest BCUT2D eigenvalue weighted by molar-refractivity contribution is 0.102. The molecule has 1 amide bonds. The quantitative estimate of drug-likeness (QED) is 0.311. The van der Waals surface area contributed by atoms with E-state index in [0.717, 1.165) is 30.6 Å². The molecule has 0 saturated heterocycles. The first-order valence-electron chi connectivity index (χ1n) is 12.3. The van der Waals surface area contributed by atoms with E-state index in [2.05, 4.69) is 39.2 Å². The van der Waals surface area contributed by atoms with Crippen molar-refractivity contribution in [3.05, 3.63) is 113 Å². The SMILES string of the molecule is COc1ccc(C)cc1NS(=O)(=O)c1ccc(NC(=O)c2ccc(CN3CCc4ccccc43)cc2)cc1. The van der Waals surface area contributed by atoms with E-state index in [-0.39, 0.29) is 10.8 Å². The van der Waals surface area contributed by atoms with Gasteiger partial charge in [0.15, 0.2) is 0 Å². The molecule has 0 saturated carbocycles. The van der Waals surface area contributed by atoms with Crippen molar-refractivity contribution in [2.45, 2.75) is 24.8 Å². The van der Waals surface area contributed by atoms with Crippen LogP contribution in [0.15, 0.2) is 95.9 Å². The molecule has 0 atom stereocenters. The third-order valence-corrected chi connectivity index (χ3v) is 7.98. The molecule has 1 aliphatic rings. The highest BCUT2D eigenvalue weighted by atomic mass is 32.2. The number of fused-ring (bicyclic) bond motifs is 1. The molecule has 4 aromatic rings. The molecule has 1 heterocycles. The minimum Gasteiger partial charge on any atom is -0.495 e. The molecule has 38 heavy (non-hydrogen) atoms. The number of aryl methyl sites for hydroxylation is 1. The normalized spacial score (nSPS) is 12.6. The molecule has 0 bridgehead atoms. The van der Waals surface area contributed by atoms with Gasteiger partial charge in [-0.25, -0.2) is 8.42 Å². The molecule has 0 spiro atoms. The summed E-state index contributed by atoms with van der Waals surface area (Å²) in [6.07, 6.45) is 1.05. The van der Waals surface area contributed by atoms with Crippen LogP contribution in [0.3, 0.4) is 0 Å². The Balaban J connectivity index is 1.22. The summed E-state index contributed by atoms with van der Waals surface area (Å²) in [5.74, 6) is 0.167. The summed E-state index contributed by atoms with van der Waals surface area (Å²) in [6.45, 7) is 3.65. The number of methoxy groups -OCH3 is 1. The summed E-state index contributed by atoms with van der Waals surface area (Å²) < 4.78 is 33.6.